The van der Waals surface area contributed by atoms with Crippen molar-refractivity contribution >= 4 is 13.2 Å². The lowest BCUT2D eigenvalue weighted by Crippen LogP contribution is -2.33. The second kappa shape index (κ2) is 9.18. The van der Waals surface area contributed by atoms with Crippen LogP contribution >= 0.6 is 7.60 Å². The number of azide groups is 1. The highest BCUT2D eigenvalue weighted by Crippen LogP contribution is 2.47. The van der Waals surface area contributed by atoms with Gasteiger partial charge in [0, 0.05) is 29.6 Å². The van der Waals surface area contributed by atoms with Gasteiger partial charge in [-0.15, -0.1) is 0 Å². The number of rotatable bonds is 8. The van der Waals surface area contributed by atoms with E-state index in [2.05, 4.69) is 20.3 Å². The summed E-state index contributed by atoms with van der Waals surface area (Å²) in [6.07, 6.45) is -0.00535. The highest BCUT2D eigenvalue weighted by atomic mass is 31.2. The summed E-state index contributed by atoms with van der Waals surface area (Å²) >= 11 is 0. The number of hydrogen-bond acceptors (Lipinski definition) is 7. The average molecular weight is 416 g/mol. The molecule has 0 aliphatic carbocycles. The van der Waals surface area contributed by atoms with Crippen LogP contribution in [0.1, 0.15) is 38.0 Å². The Balaban J connectivity index is 2.20. The number of nitrogens with zero attached hydrogens (tertiary/aromatic N) is 4. The van der Waals surface area contributed by atoms with Crippen LogP contribution < -0.4 is 16.6 Å². The molecule has 1 fully saturated rings. The Morgan fingerprint density at radius 2 is 2.32 bits per heavy atom. The normalized spacial score (nSPS) is 23.6. The maximum Gasteiger partial charge on any atom is 0.417 e. The van der Waals surface area contributed by atoms with Crippen molar-refractivity contribution in [1.29, 1.82) is 0 Å². The van der Waals surface area contributed by atoms with Crippen LogP contribution in [0.25, 0.3) is 10.4 Å². The van der Waals surface area contributed by atoms with Crippen molar-refractivity contribution < 1.29 is 23.5 Å². The van der Waals surface area contributed by atoms with Crippen LogP contribution in [0.5, 0.6) is 0 Å². The minimum Gasteiger partial charge on any atom is -0.346 e. The first-order valence-corrected chi connectivity index (χ1v) is 10.1. The third-order valence-electron chi connectivity index (χ3n) is 4.01. The molecular formula is C14H21N6O7P. The molecule has 14 heteroatoms. The van der Waals surface area contributed by atoms with Crippen molar-refractivity contribution in [1.82, 2.24) is 14.9 Å². The molecule has 1 aliphatic heterocycles. The molecule has 0 bridgehead atoms. The first kappa shape index (κ1) is 21.9. The third kappa shape index (κ3) is 5.09. The van der Waals surface area contributed by atoms with Crippen LogP contribution in [0.3, 0.4) is 0 Å². The van der Waals surface area contributed by atoms with Crippen LogP contribution in [-0.4, -0.2) is 39.0 Å². The molecule has 2 heterocycles. The van der Waals surface area contributed by atoms with Gasteiger partial charge in [0.05, 0.1) is 6.04 Å². The molecule has 1 amide bonds. The van der Waals surface area contributed by atoms with Crippen LogP contribution in [0.2, 0.25) is 0 Å². The summed E-state index contributed by atoms with van der Waals surface area (Å²) in [5.41, 5.74) is 6.40. The Kier molecular flexibility index (Phi) is 7.17. The number of nitrogens with one attached hydrogen (secondary N) is 2. The molecule has 1 aliphatic rings. The fourth-order valence-corrected chi connectivity index (χ4v) is 3.40. The zero-order valence-corrected chi connectivity index (χ0v) is 16.2. The second-order valence-corrected chi connectivity index (χ2v) is 7.81. The fourth-order valence-electron chi connectivity index (χ4n) is 2.52. The number of ether oxygens (including phenoxy) is 1. The molecule has 154 valence electrons. The average Bonchev–Trinajstić information content (AvgIpc) is 3.00. The van der Waals surface area contributed by atoms with Crippen LogP contribution in [-0.2, 0) is 13.8 Å². The molecule has 0 saturated carbocycles. The maximum atomic E-state index is 12.2. The summed E-state index contributed by atoms with van der Waals surface area (Å²) in [5, 5.41) is 5.73. The molecule has 28 heavy (non-hydrogen) atoms. The van der Waals surface area contributed by atoms with Gasteiger partial charge in [-0.05, 0) is 18.9 Å². The third-order valence-corrected chi connectivity index (χ3v) is 5.18. The van der Waals surface area contributed by atoms with Gasteiger partial charge >= 0.3 is 18.9 Å². The minimum atomic E-state index is -4.78. The summed E-state index contributed by atoms with van der Waals surface area (Å²) in [6.45, 7) is 3.56. The predicted octanol–water partition coefficient (Wildman–Crippen LogP) is 1.48. The largest absolute Gasteiger partial charge is 0.417 e. The zero-order chi connectivity index (χ0) is 20.9. The number of aromatic nitrogens is 2. The number of unbranched alkanes of at least 4 members (excludes halogenated alkanes) is 1. The van der Waals surface area contributed by atoms with Crippen LogP contribution in [0.4, 0.5) is 4.79 Å². The molecule has 1 saturated heterocycles. The molecular weight excluding hydrogens is 395 g/mol. The van der Waals surface area contributed by atoms with E-state index in [1.807, 2.05) is 6.92 Å². The molecule has 0 spiro atoms. The van der Waals surface area contributed by atoms with E-state index in [-0.39, 0.29) is 18.5 Å². The first-order valence-electron chi connectivity index (χ1n) is 8.51. The summed E-state index contributed by atoms with van der Waals surface area (Å²) in [4.78, 5) is 50.0. The van der Waals surface area contributed by atoms with E-state index < -0.39 is 43.1 Å². The van der Waals surface area contributed by atoms with Crippen molar-refractivity contribution in [3.05, 3.63) is 43.0 Å². The number of aryl methyl sites for hydroxylation is 1. The van der Waals surface area contributed by atoms with Crippen molar-refractivity contribution in [2.45, 2.75) is 51.7 Å². The van der Waals surface area contributed by atoms with Crippen LogP contribution in [0.15, 0.2) is 20.9 Å². The van der Waals surface area contributed by atoms with Crippen molar-refractivity contribution in [2.75, 3.05) is 6.54 Å². The Morgan fingerprint density at radius 3 is 2.96 bits per heavy atom. The lowest BCUT2D eigenvalue weighted by molar-refractivity contribution is -0.104. The smallest absolute Gasteiger partial charge is 0.346 e. The highest BCUT2D eigenvalue weighted by molar-refractivity contribution is 7.70. The Labute approximate surface area is 158 Å². The molecule has 1 aromatic rings. The van der Waals surface area contributed by atoms with Gasteiger partial charge in [0.25, 0.3) is 5.56 Å². The first-order chi connectivity index (χ1) is 13.2. The van der Waals surface area contributed by atoms with E-state index in [4.69, 9.17) is 14.8 Å². The number of carbonyl (C=O) groups is 1. The van der Waals surface area contributed by atoms with Gasteiger partial charge < -0.3 is 14.9 Å². The molecule has 0 radical (unpaired) electrons. The van der Waals surface area contributed by atoms with E-state index in [0.717, 1.165) is 11.0 Å². The van der Waals surface area contributed by atoms with E-state index >= 15 is 0 Å². The van der Waals surface area contributed by atoms with E-state index in [9.17, 15) is 23.8 Å². The lowest BCUT2D eigenvalue weighted by Gasteiger charge is -2.19. The van der Waals surface area contributed by atoms with Gasteiger partial charge in [-0.3, -0.25) is 23.7 Å². The molecule has 2 rings (SSSR count). The van der Waals surface area contributed by atoms with E-state index in [1.165, 1.54) is 13.1 Å². The number of amides is 1. The highest BCUT2D eigenvalue weighted by Gasteiger charge is 2.43. The Hall–Kier alpha value is -2.43. The predicted molar refractivity (Wildman–Crippen MR) is 96.7 cm³/mol. The lowest BCUT2D eigenvalue weighted by atomic mass is 10.2. The van der Waals surface area contributed by atoms with Gasteiger partial charge in [-0.2, -0.15) is 0 Å². The van der Waals surface area contributed by atoms with Crippen molar-refractivity contribution in [3.63, 3.8) is 0 Å². The molecule has 4 atom stereocenters. The number of aromatic amines is 1. The number of carbonyl (C=O) groups excluding carboxylic acids is 1. The Morgan fingerprint density at radius 1 is 1.61 bits per heavy atom. The Bertz CT molecular complexity index is 937. The standard InChI is InChI=1S/C14H21N6O7P/c1-3-4-5-16-14(23)28(24,25)27-12-9(18-19-15)6-10(26-12)20-7-8(2)11(21)17-13(20)22/h7,9-10,12H,3-6H2,1-2H3,(H,16,23)(H,24,25)(H,17,21,22). The van der Waals surface area contributed by atoms with E-state index in [1.54, 1.807) is 0 Å². The fraction of sp³-hybridized carbons (Fsp3) is 0.643. The quantitative estimate of drug-likeness (QED) is 0.188. The second-order valence-electron chi connectivity index (χ2n) is 6.16. The SMILES string of the molecule is CCCCNC(=O)P(=O)(O)OC1OC(n2cc(C)c(=O)[nH]c2=O)CC1N=[N+]=[N-]. The summed E-state index contributed by atoms with van der Waals surface area (Å²) < 4.78 is 23.6. The van der Waals surface area contributed by atoms with Gasteiger partial charge in [0.15, 0.2) is 6.29 Å². The maximum absolute atomic E-state index is 12.2. The minimum absolute atomic E-state index is 0.0719. The van der Waals surface area contributed by atoms with Crippen molar-refractivity contribution in [3.8, 4) is 0 Å². The van der Waals surface area contributed by atoms with E-state index in [0.29, 0.717) is 6.42 Å². The van der Waals surface area contributed by atoms with Gasteiger partial charge in [0.1, 0.15) is 6.23 Å². The van der Waals surface area contributed by atoms with Gasteiger partial charge in [-0.1, -0.05) is 18.5 Å². The van der Waals surface area contributed by atoms with Crippen LogP contribution in [0, 0.1) is 6.92 Å². The van der Waals surface area contributed by atoms with Crippen molar-refractivity contribution in [2.24, 2.45) is 5.11 Å². The molecule has 4 unspecified atom stereocenters. The monoisotopic (exact) mass is 416 g/mol. The van der Waals surface area contributed by atoms with Gasteiger partial charge in [0.2, 0.25) is 0 Å². The summed E-state index contributed by atoms with van der Waals surface area (Å²) in [7, 11) is -4.78. The number of hydrogen-bond donors (Lipinski definition) is 3. The molecule has 13 nitrogen and oxygen atoms in total. The zero-order valence-electron chi connectivity index (χ0n) is 15.3. The molecule has 1 aromatic heterocycles. The summed E-state index contributed by atoms with van der Waals surface area (Å²) in [5.74, 6) is 0. The molecule has 0 aromatic carbocycles. The van der Waals surface area contributed by atoms with Gasteiger partial charge in [-0.25, -0.2) is 9.36 Å². The number of H-pyrrole nitrogens is 1. The topological polar surface area (TPSA) is 188 Å². The molecule has 3 N–H and O–H groups in total. The summed E-state index contributed by atoms with van der Waals surface area (Å²) in [6, 6.07) is -1.07.